The van der Waals surface area contributed by atoms with E-state index in [1.54, 1.807) is 13.2 Å². The second-order valence-electron chi connectivity index (χ2n) is 5.01. The van der Waals surface area contributed by atoms with Gasteiger partial charge < -0.3 is 15.0 Å². The minimum Gasteiger partial charge on any atom is -0.480 e. The molecule has 1 aromatic carbocycles. The van der Waals surface area contributed by atoms with Gasteiger partial charge in [0.05, 0.1) is 5.69 Å². The van der Waals surface area contributed by atoms with Crippen molar-refractivity contribution in [2.45, 2.75) is 13.8 Å². The fourth-order valence-corrected chi connectivity index (χ4v) is 1.95. The number of H-pyrrole nitrogens is 1. The molecule has 1 amide bonds. The Bertz CT molecular complexity index is 643. The van der Waals surface area contributed by atoms with Crippen molar-refractivity contribution in [3.63, 3.8) is 0 Å². The quantitative estimate of drug-likeness (QED) is 0.831. The number of nitrogens with one attached hydrogen (secondary N) is 1. The third kappa shape index (κ3) is 2.07. The summed E-state index contributed by atoms with van der Waals surface area (Å²) in [6.07, 6.45) is 1.71. The molecule has 1 aromatic heterocycles. The van der Waals surface area contributed by atoms with Gasteiger partial charge in [-0.15, -0.1) is 0 Å². The van der Waals surface area contributed by atoms with Crippen LogP contribution >= 0.6 is 0 Å². The summed E-state index contributed by atoms with van der Waals surface area (Å²) in [5.41, 5.74) is 0.132. The monoisotopic (exact) mass is 260 g/mol. The van der Waals surface area contributed by atoms with E-state index < -0.39 is 17.3 Å². The zero-order chi connectivity index (χ0) is 14.2. The number of hydrogen-bond acceptors (Lipinski definition) is 2. The average molecular weight is 260 g/mol. The van der Waals surface area contributed by atoms with E-state index in [0.29, 0.717) is 5.69 Å². The van der Waals surface area contributed by atoms with Gasteiger partial charge in [0.25, 0.3) is 0 Å². The SMILES string of the molecule is CN(C(=O)C(C)(C)C(=O)O)c1c[nH]c2ccccc12. The zero-order valence-electron chi connectivity index (χ0n) is 11.1. The van der Waals surface area contributed by atoms with Crippen molar-refractivity contribution < 1.29 is 14.7 Å². The van der Waals surface area contributed by atoms with Gasteiger partial charge in [0.15, 0.2) is 0 Å². The van der Waals surface area contributed by atoms with Gasteiger partial charge in [-0.05, 0) is 19.9 Å². The largest absolute Gasteiger partial charge is 0.480 e. The summed E-state index contributed by atoms with van der Waals surface area (Å²) in [7, 11) is 1.59. The number of carboxylic acids is 1. The average Bonchev–Trinajstić information content (AvgIpc) is 2.80. The molecule has 0 bridgehead atoms. The van der Waals surface area contributed by atoms with Crippen LogP contribution in [-0.2, 0) is 9.59 Å². The third-order valence-corrected chi connectivity index (χ3v) is 3.30. The molecule has 0 unspecified atom stereocenters. The summed E-state index contributed by atoms with van der Waals surface area (Å²) < 4.78 is 0. The van der Waals surface area contributed by atoms with Gasteiger partial charge in [-0.25, -0.2) is 0 Å². The second kappa shape index (κ2) is 4.42. The van der Waals surface area contributed by atoms with Crippen LogP contribution < -0.4 is 4.90 Å². The number of carbonyl (C=O) groups is 2. The summed E-state index contributed by atoms with van der Waals surface area (Å²) in [5.74, 6) is -1.59. The number of aromatic nitrogens is 1. The van der Waals surface area contributed by atoms with Crippen molar-refractivity contribution in [1.82, 2.24) is 4.98 Å². The van der Waals surface area contributed by atoms with Crippen molar-refractivity contribution in [3.8, 4) is 0 Å². The molecule has 2 rings (SSSR count). The highest BCUT2D eigenvalue weighted by molar-refractivity contribution is 6.11. The Morgan fingerprint density at radius 2 is 1.89 bits per heavy atom. The Labute approximate surface area is 110 Å². The van der Waals surface area contributed by atoms with Crippen LogP contribution in [0.15, 0.2) is 30.5 Å². The van der Waals surface area contributed by atoms with Crippen LogP contribution in [-0.4, -0.2) is 29.0 Å². The highest BCUT2D eigenvalue weighted by atomic mass is 16.4. The molecule has 0 radical (unpaired) electrons. The topological polar surface area (TPSA) is 73.4 Å². The van der Waals surface area contributed by atoms with Gasteiger partial charge in [-0.2, -0.15) is 0 Å². The number of rotatable bonds is 3. The van der Waals surface area contributed by atoms with Gasteiger partial charge >= 0.3 is 5.97 Å². The molecule has 0 aliphatic carbocycles. The van der Waals surface area contributed by atoms with E-state index in [-0.39, 0.29) is 0 Å². The molecule has 2 N–H and O–H groups in total. The number of carboxylic acid groups (broad SMARTS) is 1. The van der Waals surface area contributed by atoms with E-state index in [1.165, 1.54) is 18.7 Å². The molecule has 100 valence electrons. The van der Waals surface area contributed by atoms with Crippen LogP contribution in [0.25, 0.3) is 10.9 Å². The van der Waals surface area contributed by atoms with E-state index in [9.17, 15) is 9.59 Å². The van der Waals surface area contributed by atoms with Crippen LogP contribution in [0.3, 0.4) is 0 Å². The first-order valence-corrected chi connectivity index (χ1v) is 5.93. The number of aromatic amines is 1. The number of hydrogen-bond donors (Lipinski definition) is 2. The molecule has 5 heteroatoms. The van der Waals surface area contributed by atoms with E-state index >= 15 is 0 Å². The number of carbonyl (C=O) groups excluding carboxylic acids is 1. The van der Waals surface area contributed by atoms with Gasteiger partial charge in [0, 0.05) is 24.1 Å². The van der Waals surface area contributed by atoms with E-state index in [4.69, 9.17) is 5.11 Å². The van der Waals surface area contributed by atoms with Crippen molar-refractivity contribution in [2.24, 2.45) is 5.41 Å². The number of para-hydroxylation sites is 1. The van der Waals surface area contributed by atoms with Crippen molar-refractivity contribution in [1.29, 1.82) is 0 Å². The number of nitrogens with zero attached hydrogens (tertiary/aromatic N) is 1. The molecule has 0 saturated heterocycles. The maximum Gasteiger partial charge on any atom is 0.318 e. The molecule has 2 aromatic rings. The summed E-state index contributed by atoms with van der Waals surface area (Å²) >= 11 is 0. The molecule has 1 heterocycles. The summed E-state index contributed by atoms with van der Waals surface area (Å²) in [5, 5.41) is 10.0. The fourth-order valence-electron chi connectivity index (χ4n) is 1.95. The highest BCUT2D eigenvalue weighted by Gasteiger charge is 2.39. The Hall–Kier alpha value is -2.30. The molecular weight excluding hydrogens is 244 g/mol. The molecule has 5 nitrogen and oxygen atoms in total. The molecule has 19 heavy (non-hydrogen) atoms. The number of fused-ring (bicyclic) bond motifs is 1. The number of anilines is 1. The third-order valence-electron chi connectivity index (χ3n) is 3.30. The lowest BCUT2D eigenvalue weighted by Gasteiger charge is -2.25. The number of benzene rings is 1. The lowest BCUT2D eigenvalue weighted by molar-refractivity contribution is -0.152. The first kappa shape index (κ1) is 13.1. The predicted octanol–water partition coefficient (Wildman–Crippen LogP) is 2.24. The normalized spacial score (nSPS) is 11.5. The summed E-state index contributed by atoms with van der Waals surface area (Å²) in [4.78, 5) is 27.9. The van der Waals surface area contributed by atoms with Crippen LogP contribution in [0.4, 0.5) is 5.69 Å². The number of amides is 1. The molecule has 0 fully saturated rings. The Kier molecular flexibility index (Phi) is 3.06. The maximum atomic E-state index is 12.3. The molecule has 0 atom stereocenters. The van der Waals surface area contributed by atoms with Gasteiger partial charge in [0.2, 0.25) is 5.91 Å². The smallest absolute Gasteiger partial charge is 0.318 e. The van der Waals surface area contributed by atoms with E-state index in [1.807, 2.05) is 24.3 Å². The van der Waals surface area contributed by atoms with E-state index in [2.05, 4.69) is 4.98 Å². The lowest BCUT2D eigenvalue weighted by Crippen LogP contribution is -2.43. The Morgan fingerprint density at radius 1 is 1.26 bits per heavy atom. The van der Waals surface area contributed by atoms with Crippen LogP contribution in [0.5, 0.6) is 0 Å². The molecule has 0 spiro atoms. The highest BCUT2D eigenvalue weighted by Crippen LogP contribution is 2.29. The molecule has 0 aliphatic rings. The van der Waals surface area contributed by atoms with Gasteiger partial charge in [0.1, 0.15) is 5.41 Å². The van der Waals surface area contributed by atoms with Crippen molar-refractivity contribution >= 4 is 28.5 Å². The first-order valence-electron chi connectivity index (χ1n) is 5.93. The molecule has 0 saturated carbocycles. The van der Waals surface area contributed by atoms with Crippen LogP contribution in [0.1, 0.15) is 13.8 Å². The van der Waals surface area contributed by atoms with E-state index in [0.717, 1.165) is 10.9 Å². The lowest BCUT2D eigenvalue weighted by atomic mass is 9.92. The maximum absolute atomic E-state index is 12.3. The zero-order valence-corrected chi connectivity index (χ0v) is 11.1. The molecular formula is C14H16N2O3. The first-order chi connectivity index (χ1) is 8.85. The second-order valence-corrected chi connectivity index (χ2v) is 5.01. The standard InChI is InChI=1S/C14H16N2O3/c1-14(2,13(18)19)12(17)16(3)11-8-15-10-7-5-4-6-9(10)11/h4-8,15H,1-3H3,(H,18,19). The van der Waals surface area contributed by atoms with Crippen LogP contribution in [0.2, 0.25) is 0 Å². The van der Waals surface area contributed by atoms with Crippen molar-refractivity contribution in [3.05, 3.63) is 30.5 Å². The summed E-state index contributed by atoms with van der Waals surface area (Å²) in [6, 6.07) is 7.56. The van der Waals surface area contributed by atoms with Crippen molar-refractivity contribution in [2.75, 3.05) is 11.9 Å². The minimum absolute atomic E-state index is 0.454. The van der Waals surface area contributed by atoms with Crippen LogP contribution in [0, 0.1) is 5.41 Å². The molecule has 0 aliphatic heterocycles. The Balaban J connectivity index is 2.42. The Morgan fingerprint density at radius 3 is 2.53 bits per heavy atom. The minimum atomic E-state index is -1.45. The number of aliphatic carboxylic acids is 1. The van der Waals surface area contributed by atoms with Gasteiger partial charge in [-0.3, -0.25) is 9.59 Å². The van der Waals surface area contributed by atoms with Gasteiger partial charge in [-0.1, -0.05) is 18.2 Å². The summed E-state index contributed by atoms with van der Waals surface area (Å²) in [6.45, 7) is 2.81. The predicted molar refractivity (Wildman–Crippen MR) is 73.1 cm³/mol. The fraction of sp³-hybridized carbons (Fsp3) is 0.286.